The lowest BCUT2D eigenvalue weighted by atomic mass is 10.1. The molecule has 0 saturated heterocycles. The highest BCUT2D eigenvalue weighted by Gasteiger charge is 2.20. The molecule has 0 aromatic heterocycles. The minimum absolute atomic E-state index is 0.0851. The number of hydrogen-bond donors (Lipinski definition) is 3. The van der Waals surface area contributed by atoms with Gasteiger partial charge in [0, 0.05) is 6.08 Å². The third kappa shape index (κ3) is 5.68. The third-order valence-electron chi connectivity index (χ3n) is 3.52. The van der Waals surface area contributed by atoms with Crippen molar-refractivity contribution in [2.75, 3.05) is 13.7 Å². The van der Waals surface area contributed by atoms with Crippen molar-refractivity contribution < 1.29 is 27.5 Å². The quantitative estimate of drug-likeness (QED) is 0.351. The molecule has 8 nitrogen and oxygen atoms in total. The highest BCUT2D eigenvalue weighted by Crippen LogP contribution is 2.20. The molecule has 5 N–H and O–H groups in total. The largest absolute Gasteiger partial charge is 0.744 e. The number of esters is 1. The van der Waals surface area contributed by atoms with Crippen LogP contribution in [0.5, 0.6) is 0 Å². The van der Waals surface area contributed by atoms with Crippen molar-refractivity contribution in [3.05, 3.63) is 52.4 Å². The maximum atomic E-state index is 11.0. The Balaban J connectivity index is 0.000000251. The minimum Gasteiger partial charge on any atom is -0.744 e. The number of nitrogens with two attached hydrogens (primary N) is 2. The fraction of sp³-hybridized carbons (Fsp3) is 0.312. The topological polar surface area (TPSA) is 140 Å². The predicted molar refractivity (Wildman–Crippen MR) is 91.0 cm³/mol. The number of carbonyl (C=O) groups is 1. The first-order chi connectivity index (χ1) is 11.5. The Bertz CT molecular complexity index is 805. The first kappa shape index (κ1) is 20.8. The van der Waals surface area contributed by atoms with Gasteiger partial charge in [-0.3, -0.25) is 0 Å². The summed E-state index contributed by atoms with van der Waals surface area (Å²) in [5.41, 5.74) is 8.02. The van der Waals surface area contributed by atoms with E-state index in [2.05, 4.69) is 4.74 Å². The van der Waals surface area contributed by atoms with Crippen LogP contribution in [0.1, 0.15) is 16.7 Å². The van der Waals surface area contributed by atoms with Crippen LogP contribution in [-0.2, 0) is 19.6 Å². The average molecular weight is 369 g/mol. The summed E-state index contributed by atoms with van der Waals surface area (Å²) in [5, 5.41) is 0.512. The average Bonchev–Trinajstić information content (AvgIpc) is 2.47. The van der Waals surface area contributed by atoms with Gasteiger partial charge >= 0.3 is 5.97 Å². The van der Waals surface area contributed by atoms with Crippen molar-refractivity contribution in [1.29, 1.82) is 0 Å². The summed E-state index contributed by atoms with van der Waals surface area (Å²) < 4.78 is 37.0. The van der Waals surface area contributed by atoms with Crippen LogP contribution < -0.4 is 16.6 Å². The van der Waals surface area contributed by atoms with E-state index in [-0.39, 0.29) is 10.9 Å². The molecule has 1 aromatic rings. The highest BCUT2D eigenvalue weighted by molar-refractivity contribution is 7.85. The van der Waals surface area contributed by atoms with Crippen molar-refractivity contribution >= 4 is 16.1 Å². The lowest BCUT2D eigenvalue weighted by molar-refractivity contribution is -0.870. The van der Waals surface area contributed by atoms with Gasteiger partial charge < -0.3 is 15.0 Å². The number of rotatable bonds is 2. The molecule has 0 saturated carbocycles. The maximum Gasteiger partial charge on any atom is 0.339 e. The fourth-order valence-corrected chi connectivity index (χ4v) is 3.40. The normalized spacial score (nSPS) is 17.0. The van der Waals surface area contributed by atoms with Crippen molar-refractivity contribution in [2.24, 2.45) is 11.6 Å². The van der Waals surface area contributed by atoms with E-state index in [1.54, 1.807) is 38.1 Å². The molecule has 138 valence electrons. The van der Waals surface area contributed by atoms with Crippen LogP contribution in [0, 0.1) is 20.8 Å². The van der Waals surface area contributed by atoms with Gasteiger partial charge in [0.15, 0.2) is 0 Å². The third-order valence-corrected chi connectivity index (χ3v) is 4.66. The molecule has 0 bridgehead atoms. The fourth-order valence-electron chi connectivity index (χ4n) is 2.50. The summed E-state index contributed by atoms with van der Waals surface area (Å²) in [6, 6.07) is 3.38. The molecular weight excluding hydrogens is 346 g/mol. The van der Waals surface area contributed by atoms with Gasteiger partial charge in [-0.05, 0) is 38.0 Å². The van der Waals surface area contributed by atoms with Crippen molar-refractivity contribution in [3.8, 4) is 0 Å². The number of aryl methyl sites for hydroxylation is 3. The Kier molecular flexibility index (Phi) is 6.88. The van der Waals surface area contributed by atoms with E-state index in [0.717, 1.165) is 5.56 Å². The second-order valence-corrected chi connectivity index (χ2v) is 7.01. The monoisotopic (exact) mass is 369 g/mol. The molecule has 9 heteroatoms. The Morgan fingerprint density at radius 2 is 1.72 bits per heavy atom. The number of benzene rings is 1. The molecule has 1 aliphatic rings. The van der Waals surface area contributed by atoms with Crippen LogP contribution in [0.3, 0.4) is 0 Å². The Morgan fingerprint density at radius 1 is 1.20 bits per heavy atom. The van der Waals surface area contributed by atoms with Crippen LogP contribution >= 0.6 is 0 Å². The van der Waals surface area contributed by atoms with Crippen LogP contribution in [-0.4, -0.2) is 32.6 Å². The number of carbonyl (C=O) groups excluding carboxylic acids is 1. The van der Waals surface area contributed by atoms with Gasteiger partial charge in [0.05, 0.1) is 17.6 Å². The summed E-state index contributed by atoms with van der Waals surface area (Å²) in [6.45, 7) is 5.49. The second kappa shape index (κ2) is 8.26. The van der Waals surface area contributed by atoms with Gasteiger partial charge in [-0.1, -0.05) is 17.7 Å². The second-order valence-electron chi connectivity index (χ2n) is 5.69. The molecule has 0 radical (unpaired) electrons. The summed E-state index contributed by atoms with van der Waals surface area (Å²) in [7, 11) is -3.00. The van der Waals surface area contributed by atoms with Gasteiger partial charge in [-0.2, -0.15) is 5.84 Å². The van der Waals surface area contributed by atoms with Gasteiger partial charge in [-0.25, -0.2) is 18.2 Å². The SMILES string of the molecule is COC(=O)C1=CC=C(N)[NH+](N)C1.Cc1cc(C)c(S(=O)(=O)[O-])c(C)c1. The van der Waals surface area contributed by atoms with Crippen LogP contribution in [0.2, 0.25) is 0 Å². The zero-order chi connectivity index (χ0) is 19.4. The van der Waals surface area contributed by atoms with E-state index in [1.807, 2.05) is 6.92 Å². The lowest BCUT2D eigenvalue weighted by Gasteiger charge is -2.15. The van der Waals surface area contributed by atoms with Crippen molar-refractivity contribution in [3.63, 3.8) is 0 Å². The number of methoxy groups -OCH3 is 1. The molecule has 0 spiro atoms. The number of allylic oxidation sites excluding steroid dienone is 2. The van der Waals surface area contributed by atoms with E-state index < -0.39 is 10.1 Å². The Labute approximate surface area is 147 Å². The first-order valence-corrected chi connectivity index (χ1v) is 8.78. The lowest BCUT2D eigenvalue weighted by Crippen LogP contribution is -3.17. The molecule has 0 aliphatic carbocycles. The summed E-state index contributed by atoms with van der Waals surface area (Å²) in [5.74, 6) is 5.69. The zero-order valence-corrected chi connectivity index (χ0v) is 15.4. The predicted octanol–water partition coefficient (Wildman–Crippen LogP) is -0.826. The standard InChI is InChI=1S/C9H12O3S.C7H11N3O2/c1-6-4-7(2)9(8(3)5-6)13(10,11)12;1-12-7(11)5-2-3-6(8)10(9)4-5/h4-5H,1-3H3,(H,10,11,12);2-3H,4,8-9H2,1H3. The zero-order valence-electron chi connectivity index (χ0n) is 14.6. The Morgan fingerprint density at radius 3 is 2.12 bits per heavy atom. The summed E-state index contributed by atoms with van der Waals surface area (Å²) >= 11 is 0. The molecule has 1 unspecified atom stereocenters. The first-order valence-electron chi connectivity index (χ1n) is 7.37. The van der Waals surface area contributed by atoms with E-state index >= 15 is 0 Å². The van der Waals surface area contributed by atoms with Crippen LogP contribution in [0.25, 0.3) is 0 Å². The van der Waals surface area contributed by atoms with Crippen LogP contribution in [0.15, 0.2) is 40.6 Å². The molecular formula is C16H23N3O5S. The summed E-state index contributed by atoms with van der Waals surface area (Å²) in [6.07, 6.45) is 3.22. The van der Waals surface area contributed by atoms with E-state index in [9.17, 15) is 17.8 Å². The van der Waals surface area contributed by atoms with Crippen molar-refractivity contribution in [2.45, 2.75) is 25.7 Å². The smallest absolute Gasteiger partial charge is 0.339 e. The molecule has 1 heterocycles. The number of hydrogen-bond acceptors (Lipinski definition) is 7. The maximum absolute atomic E-state index is 11.0. The molecule has 25 heavy (non-hydrogen) atoms. The van der Waals surface area contributed by atoms with Gasteiger partial charge in [0.25, 0.3) is 0 Å². The molecule has 1 aromatic carbocycles. The van der Waals surface area contributed by atoms with E-state index in [4.69, 9.17) is 11.6 Å². The van der Waals surface area contributed by atoms with E-state index in [0.29, 0.717) is 34.1 Å². The van der Waals surface area contributed by atoms with Crippen molar-refractivity contribution in [1.82, 2.24) is 0 Å². The van der Waals surface area contributed by atoms with Gasteiger partial charge in [0.2, 0.25) is 5.82 Å². The highest BCUT2D eigenvalue weighted by atomic mass is 32.2. The number of quaternary nitrogens is 1. The van der Waals surface area contributed by atoms with Gasteiger partial charge in [-0.15, -0.1) is 0 Å². The number of ether oxygens (including phenoxy) is 1. The van der Waals surface area contributed by atoms with Crippen LogP contribution in [0.4, 0.5) is 0 Å². The Hall–Kier alpha value is -2.20. The molecule has 1 aliphatic heterocycles. The molecule has 1 atom stereocenters. The van der Waals surface area contributed by atoms with E-state index in [1.165, 1.54) is 7.11 Å². The number of nitrogens with one attached hydrogen (secondary N) is 1. The minimum atomic E-state index is -4.33. The molecule has 0 amide bonds. The molecule has 0 fully saturated rings. The summed E-state index contributed by atoms with van der Waals surface area (Å²) in [4.78, 5) is 10.9. The van der Waals surface area contributed by atoms with Gasteiger partial charge in [0.1, 0.15) is 16.7 Å². The molecule has 2 rings (SSSR count).